The van der Waals surface area contributed by atoms with Gasteiger partial charge in [0.15, 0.2) is 10.8 Å². The van der Waals surface area contributed by atoms with Gasteiger partial charge in [-0.1, -0.05) is 48.5 Å². The van der Waals surface area contributed by atoms with Crippen molar-refractivity contribution in [2.75, 3.05) is 5.32 Å². The Labute approximate surface area is 152 Å². The minimum atomic E-state index is -1.78. The summed E-state index contributed by atoms with van der Waals surface area (Å²) in [5, 5.41) is 42.9. The largest absolute Gasteiger partial charge is 0.379 e. The molecule has 0 amide bonds. The zero-order chi connectivity index (χ0) is 18.6. The predicted octanol–water partition coefficient (Wildman–Crippen LogP) is 3.72. The van der Waals surface area contributed by atoms with Crippen LogP contribution in [-0.4, -0.2) is 6.04 Å². The summed E-state index contributed by atoms with van der Waals surface area (Å²) in [5.41, 5.74) is -2.02. The number of rotatable bonds is 3. The van der Waals surface area contributed by atoms with Crippen LogP contribution in [0.4, 0.5) is 5.69 Å². The molecule has 0 aliphatic heterocycles. The van der Waals surface area contributed by atoms with Crippen molar-refractivity contribution in [3.8, 4) is 24.3 Å². The summed E-state index contributed by atoms with van der Waals surface area (Å²) in [7, 11) is 0. The van der Waals surface area contributed by atoms with Crippen LogP contribution in [0.5, 0.6) is 0 Å². The van der Waals surface area contributed by atoms with E-state index in [1.807, 2.05) is 84.9 Å². The molecule has 2 aromatic rings. The van der Waals surface area contributed by atoms with Crippen LogP contribution in [0.2, 0.25) is 0 Å². The lowest BCUT2D eigenvalue weighted by molar-refractivity contribution is 0.319. The van der Waals surface area contributed by atoms with Crippen molar-refractivity contribution in [2.45, 2.75) is 18.4 Å². The first-order valence-electron chi connectivity index (χ1n) is 8.19. The van der Waals surface area contributed by atoms with Gasteiger partial charge < -0.3 is 5.32 Å². The molecule has 124 valence electrons. The smallest absolute Gasteiger partial charge is 0.195 e. The summed E-state index contributed by atoms with van der Waals surface area (Å²) in [6.07, 6.45) is 0.334. The minimum absolute atomic E-state index is 0.334. The maximum Gasteiger partial charge on any atom is 0.195 e. The zero-order valence-corrected chi connectivity index (χ0v) is 13.9. The van der Waals surface area contributed by atoms with Gasteiger partial charge in [-0.2, -0.15) is 21.0 Å². The van der Waals surface area contributed by atoms with E-state index in [0.29, 0.717) is 6.42 Å². The monoisotopic (exact) mass is 337 g/mol. The molecule has 1 saturated carbocycles. The lowest BCUT2D eigenvalue weighted by Crippen LogP contribution is -2.44. The number of nitrogens with zero attached hydrogens (tertiary/aromatic N) is 4. The van der Waals surface area contributed by atoms with Crippen LogP contribution in [0.25, 0.3) is 0 Å². The molecular weight excluding hydrogens is 322 g/mol. The number of nitriles is 4. The van der Waals surface area contributed by atoms with Crippen LogP contribution < -0.4 is 5.32 Å². The van der Waals surface area contributed by atoms with Gasteiger partial charge in [-0.05, 0) is 24.1 Å². The molecule has 1 N–H and O–H groups in total. The van der Waals surface area contributed by atoms with Crippen LogP contribution in [-0.2, 0) is 0 Å². The molecule has 1 fully saturated rings. The molecule has 0 aromatic heterocycles. The van der Waals surface area contributed by atoms with Crippen molar-refractivity contribution in [3.05, 3.63) is 66.2 Å². The summed E-state index contributed by atoms with van der Waals surface area (Å²) in [6.45, 7) is 0. The molecule has 3 rings (SSSR count). The van der Waals surface area contributed by atoms with E-state index < -0.39 is 22.8 Å². The zero-order valence-electron chi connectivity index (χ0n) is 13.9. The molecular formula is C21H15N5. The molecule has 2 aromatic carbocycles. The Morgan fingerprint density at radius 1 is 0.731 bits per heavy atom. The topological polar surface area (TPSA) is 107 Å². The van der Waals surface area contributed by atoms with Gasteiger partial charge in [-0.25, -0.2) is 0 Å². The summed E-state index contributed by atoms with van der Waals surface area (Å²) in [5.74, 6) is -0.542. The Morgan fingerprint density at radius 2 is 1.23 bits per heavy atom. The molecule has 1 aliphatic rings. The Kier molecular flexibility index (Phi) is 4.33. The van der Waals surface area contributed by atoms with Gasteiger partial charge in [-0.15, -0.1) is 0 Å². The van der Waals surface area contributed by atoms with Gasteiger partial charge >= 0.3 is 0 Å². The third-order valence-corrected chi connectivity index (χ3v) is 5.16. The van der Waals surface area contributed by atoms with Crippen molar-refractivity contribution >= 4 is 5.69 Å². The van der Waals surface area contributed by atoms with E-state index in [9.17, 15) is 21.0 Å². The third kappa shape index (κ3) is 2.28. The summed E-state index contributed by atoms with van der Waals surface area (Å²) in [6, 6.07) is 25.8. The lowest BCUT2D eigenvalue weighted by atomic mass is 9.63. The molecule has 1 aliphatic carbocycles. The first-order chi connectivity index (χ1) is 12.7. The number of anilines is 1. The van der Waals surface area contributed by atoms with Crippen LogP contribution in [0.3, 0.4) is 0 Å². The molecule has 2 atom stereocenters. The second kappa shape index (κ2) is 6.60. The van der Waals surface area contributed by atoms with Crippen molar-refractivity contribution in [2.24, 2.45) is 10.8 Å². The second-order valence-electron chi connectivity index (χ2n) is 6.33. The van der Waals surface area contributed by atoms with E-state index in [1.165, 1.54) is 0 Å². The van der Waals surface area contributed by atoms with Crippen molar-refractivity contribution in [1.82, 2.24) is 0 Å². The average molecular weight is 337 g/mol. The van der Waals surface area contributed by atoms with Crippen LogP contribution in [0, 0.1) is 56.2 Å². The fourth-order valence-corrected chi connectivity index (χ4v) is 3.83. The number of benzene rings is 2. The standard InChI is InChI=1S/C21H15N5/c22-12-20(13-23)18(16-7-3-1-4-8-16)11-19(21(20,14-24)15-25)26-17-9-5-2-6-10-17/h1-10,18-19,26H,11H2. The fourth-order valence-electron chi connectivity index (χ4n) is 3.83. The number of hydrogen-bond acceptors (Lipinski definition) is 5. The summed E-state index contributed by atoms with van der Waals surface area (Å²) >= 11 is 0. The van der Waals surface area contributed by atoms with Gasteiger partial charge in [0.1, 0.15) is 0 Å². The summed E-state index contributed by atoms with van der Waals surface area (Å²) < 4.78 is 0. The number of para-hydroxylation sites is 1. The summed E-state index contributed by atoms with van der Waals surface area (Å²) in [4.78, 5) is 0. The highest BCUT2D eigenvalue weighted by Gasteiger charge is 2.69. The molecule has 5 nitrogen and oxygen atoms in total. The van der Waals surface area contributed by atoms with Crippen LogP contribution >= 0.6 is 0 Å². The van der Waals surface area contributed by atoms with E-state index in [4.69, 9.17) is 0 Å². The highest BCUT2D eigenvalue weighted by molar-refractivity contribution is 5.53. The highest BCUT2D eigenvalue weighted by Crippen LogP contribution is 2.60. The van der Waals surface area contributed by atoms with Gasteiger partial charge in [0.25, 0.3) is 0 Å². The minimum Gasteiger partial charge on any atom is -0.379 e. The van der Waals surface area contributed by atoms with Gasteiger partial charge in [0.05, 0.1) is 30.3 Å². The first kappa shape index (κ1) is 17.0. The van der Waals surface area contributed by atoms with Gasteiger partial charge in [0.2, 0.25) is 0 Å². The Hall–Kier alpha value is -3.80. The van der Waals surface area contributed by atoms with Gasteiger partial charge in [0, 0.05) is 11.6 Å². The van der Waals surface area contributed by atoms with E-state index in [0.717, 1.165) is 11.3 Å². The molecule has 2 unspecified atom stereocenters. The average Bonchev–Trinajstić information content (AvgIpc) is 2.99. The van der Waals surface area contributed by atoms with E-state index in [2.05, 4.69) is 5.32 Å². The predicted molar refractivity (Wildman–Crippen MR) is 95.0 cm³/mol. The SMILES string of the molecule is N#CC1(C#N)C(Nc2ccccc2)CC(c2ccccc2)C1(C#N)C#N. The molecule has 0 radical (unpaired) electrons. The van der Waals surface area contributed by atoms with Gasteiger partial charge in [-0.3, -0.25) is 0 Å². The maximum atomic E-state index is 9.93. The van der Waals surface area contributed by atoms with Crippen molar-refractivity contribution in [1.29, 1.82) is 21.0 Å². The van der Waals surface area contributed by atoms with E-state index in [1.54, 1.807) is 0 Å². The van der Waals surface area contributed by atoms with Crippen molar-refractivity contribution in [3.63, 3.8) is 0 Å². The Morgan fingerprint density at radius 3 is 1.73 bits per heavy atom. The molecule has 0 saturated heterocycles. The molecule has 0 spiro atoms. The van der Waals surface area contributed by atoms with Crippen molar-refractivity contribution < 1.29 is 0 Å². The molecule has 0 bridgehead atoms. The van der Waals surface area contributed by atoms with Crippen LogP contribution in [0.15, 0.2) is 60.7 Å². The Balaban J connectivity index is 2.16. The normalized spacial score (nSPS) is 22.2. The first-order valence-corrected chi connectivity index (χ1v) is 8.19. The maximum absolute atomic E-state index is 9.93. The molecule has 0 heterocycles. The van der Waals surface area contributed by atoms with E-state index in [-0.39, 0.29) is 0 Å². The fraction of sp³-hybridized carbons (Fsp3) is 0.238. The Bertz CT molecular complexity index is 926. The van der Waals surface area contributed by atoms with Crippen LogP contribution in [0.1, 0.15) is 17.9 Å². The molecule has 5 heteroatoms. The number of hydrogen-bond donors (Lipinski definition) is 1. The second-order valence-corrected chi connectivity index (χ2v) is 6.33. The quantitative estimate of drug-likeness (QED) is 0.918. The third-order valence-electron chi connectivity index (χ3n) is 5.16. The number of nitrogens with one attached hydrogen (secondary N) is 1. The lowest BCUT2D eigenvalue weighted by Gasteiger charge is -2.31. The highest BCUT2D eigenvalue weighted by atomic mass is 15.0. The molecule has 26 heavy (non-hydrogen) atoms. The van der Waals surface area contributed by atoms with E-state index >= 15 is 0 Å².